The number of aryl methyl sites for hydroxylation is 2. The third kappa shape index (κ3) is 4.91. The normalized spacial score (nSPS) is 11.1. The molecule has 0 aliphatic heterocycles. The fourth-order valence-corrected chi connectivity index (χ4v) is 6.40. The molecule has 0 aliphatic carbocycles. The van der Waals surface area contributed by atoms with Crippen LogP contribution in [0, 0.1) is 6.92 Å². The largest absolute Gasteiger partial charge is 0.310 e. The van der Waals surface area contributed by atoms with E-state index in [-0.39, 0.29) is 0 Å². The van der Waals surface area contributed by atoms with Gasteiger partial charge in [0.15, 0.2) is 0 Å². The molecule has 0 aliphatic rings. The van der Waals surface area contributed by atoms with Crippen molar-refractivity contribution in [3.63, 3.8) is 0 Å². The standard InChI is InChI=1S/C41H34N2/c1-3-37-30(2)40-28-35(42(31-16-8-4-9-17-31)32-18-10-5-11-19-32)24-26-38(40)39-27-25-36(29-41(37)39)43(33-20-12-6-13-21-33)34-22-14-7-15-23-34/h4-29H,3H2,1-2H3. The van der Waals surface area contributed by atoms with Gasteiger partial charge >= 0.3 is 0 Å². The van der Waals surface area contributed by atoms with Crippen molar-refractivity contribution in [1.82, 2.24) is 0 Å². The number of hydrogen-bond acceptors (Lipinski definition) is 2. The number of hydrogen-bond donors (Lipinski definition) is 0. The molecular weight excluding hydrogens is 520 g/mol. The molecule has 0 spiro atoms. The summed E-state index contributed by atoms with van der Waals surface area (Å²) in [5.74, 6) is 0. The van der Waals surface area contributed by atoms with Gasteiger partial charge in [-0.05, 0) is 119 Å². The van der Waals surface area contributed by atoms with Gasteiger partial charge in [0.1, 0.15) is 0 Å². The van der Waals surface area contributed by atoms with Crippen molar-refractivity contribution >= 4 is 55.7 Å². The molecule has 2 heteroatoms. The predicted molar refractivity (Wildman–Crippen MR) is 185 cm³/mol. The highest BCUT2D eigenvalue weighted by molar-refractivity contribution is 6.12. The summed E-state index contributed by atoms with van der Waals surface area (Å²) in [5, 5.41) is 5.19. The lowest BCUT2D eigenvalue weighted by Gasteiger charge is -2.27. The zero-order valence-electron chi connectivity index (χ0n) is 24.6. The maximum atomic E-state index is 2.38. The fourth-order valence-electron chi connectivity index (χ4n) is 6.40. The highest BCUT2D eigenvalue weighted by atomic mass is 15.1. The first-order valence-electron chi connectivity index (χ1n) is 15.0. The highest BCUT2D eigenvalue weighted by Crippen LogP contribution is 2.42. The van der Waals surface area contributed by atoms with Crippen LogP contribution in [0.5, 0.6) is 0 Å². The van der Waals surface area contributed by atoms with Crippen molar-refractivity contribution in [1.29, 1.82) is 0 Å². The number of nitrogens with zero attached hydrogens (tertiary/aromatic N) is 2. The van der Waals surface area contributed by atoms with E-state index in [1.807, 2.05) is 0 Å². The van der Waals surface area contributed by atoms with Crippen molar-refractivity contribution in [3.05, 3.63) is 169 Å². The van der Waals surface area contributed by atoms with Gasteiger partial charge in [-0.1, -0.05) is 91.9 Å². The molecule has 0 bridgehead atoms. The van der Waals surface area contributed by atoms with Crippen LogP contribution in [0.4, 0.5) is 34.1 Å². The molecule has 43 heavy (non-hydrogen) atoms. The first-order valence-corrected chi connectivity index (χ1v) is 15.0. The number of para-hydroxylation sites is 4. The van der Waals surface area contributed by atoms with Crippen LogP contribution in [-0.4, -0.2) is 0 Å². The van der Waals surface area contributed by atoms with Crippen LogP contribution >= 0.6 is 0 Å². The molecular formula is C41H34N2. The van der Waals surface area contributed by atoms with Crippen LogP contribution in [-0.2, 0) is 6.42 Å². The summed E-state index contributed by atoms with van der Waals surface area (Å²) in [7, 11) is 0. The Labute approximate surface area is 254 Å². The maximum Gasteiger partial charge on any atom is 0.0468 e. The van der Waals surface area contributed by atoms with E-state index in [4.69, 9.17) is 0 Å². The van der Waals surface area contributed by atoms with Gasteiger partial charge in [0.2, 0.25) is 0 Å². The van der Waals surface area contributed by atoms with Gasteiger partial charge in [0.05, 0.1) is 0 Å². The van der Waals surface area contributed by atoms with E-state index in [0.29, 0.717) is 0 Å². The Balaban J connectivity index is 1.42. The average Bonchev–Trinajstić information content (AvgIpc) is 3.07. The molecule has 7 rings (SSSR count). The predicted octanol–water partition coefficient (Wildman–Crippen LogP) is 11.8. The summed E-state index contributed by atoms with van der Waals surface area (Å²) in [5.41, 5.74) is 9.65. The number of fused-ring (bicyclic) bond motifs is 3. The van der Waals surface area contributed by atoms with Crippen molar-refractivity contribution in [3.8, 4) is 0 Å². The second-order valence-electron chi connectivity index (χ2n) is 10.9. The van der Waals surface area contributed by atoms with Gasteiger partial charge in [-0.15, -0.1) is 0 Å². The lowest BCUT2D eigenvalue weighted by molar-refractivity contribution is 1.14. The van der Waals surface area contributed by atoms with Gasteiger partial charge in [0.25, 0.3) is 0 Å². The second kappa shape index (κ2) is 11.5. The van der Waals surface area contributed by atoms with Crippen LogP contribution in [0.3, 0.4) is 0 Å². The molecule has 0 heterocycles. The first-order chi connectivity index (χ1) is 21.2. The minimum absolute atomic E-state index is 0.962. The van der Waals surface area contributed by atoms with Crippen molar-refractivity contribution in [2.45, 2.75) is 20.3 Å². The molecule has 7 aromatic rings. The molecule has 0 saturated heterocycles. The van der Waals surface area contributed by atoms with E-state index in [9.17, 15) is 0 Å². The summed E-state index contributed by atoms with van der Waals surface area (Å²) in [6.45, 7) is 4.56. The molecule has 0 N–H and O–H groups in total. The Bertz CT molecular complexity index is 1920. The van der Waals surface area contributed by atoms with E-state index in [1.165, 1.54) is 32.7 Å². The topological polar surface area (TPSA) is 6.48 Å². The van der Waals surface area contributed by atoms with Gasteiger partial charge in [-0.3, -0.25) is 0 Å². The Morgan fingerprint density at radius 1 is 0.372 bits per heavy atom. The monoisotopic (exact) mass is 554 g/mol. The fraction of sp³-hybridized carbons (Fsp3) is 0.0732. The Morgan fingerprint density at radius 3 is 1.09 bits per heavy atom. The molecule has 7 aromatic carbocycles. The average molecular weight is 555 g/mol. The molecule has 0 saturated carbocycles. The zero-order valence-corrected chi connectivity index (χ0v) is 24.6. The SMILES string of the molecule is CCc1c(C)c2cc(N(c3ccccc3)c3ccccc3)ccc2c2ccc(N(c3ccccc3)c3ccccc3)cc12. The maximum absolute atomic E-state index is 2.38. The number of rotatable bonds is 7. The highest BCUT2D eigenvalue weighted by Gasteiger charge is 2.18. The smallest absolute Gasteiger partial charge is 0.0468 e. The lowest BCUT2D eigenvalue weighted by Crippen LogP contribution is -2.10. The van der Waals surface area contributed by atoms with Crippen molar-refractivity contribution in [2.75, 3.05) is 9.80 Å². The summed E-state index contributed by atoms with van der Waals surface area (Å²) < 4.78 is 0. The van der Waals surface area contributed by atoms with E-state index in [1.54, 1.807) is 0 Å². The number of anilines is 6. The molecule has 0 fully saturated rings. The molecule has 0 atom stereocenters. The third-order valence-electron chi connectivity index (χ3n) is 8.41. The van der Waals surface area contributed by atoms with Crippen LogP contribution < -0.4 is 9.80 Å². The molecule has 0 unspecified atom stereocenters. The second-order valence-corrected chi connectivity index (χ2v) is 10.9. The summed E-state index contributed by atoms with van der Waals surface area (Å²) in [6.07, 6.45) is 0.962. The molecule has 0 aromatic heterocycles. The molecule has 0 amide bonds. The van der Waals surface area contributed by atoms with E-state index < -0.39 is 0 Å². The zero-order chi connectivity index (χ0) is 29.2. The Kier molecular flexibility index (Phi) is 7.10. The van der Waals surface area contributed by atoms with Crippen LogP contribution in [0.2, 0.25) is 0 Å². The van der Waals surface area contributed by atoms with Gasteiger partial charge in [-0.2, -0.15) is 0 Å². The summed E-state index contributed by atoms with van der Waals surface area (Å²) in [6, 6.07) is 56.4. The van der Waals surface area contributed by atoms with E-state index in [2.05, 4.69) is 181 Å². The molecule has 0 radical (unpaired) electrons. The summed E-state index contributed by atoms with van der Waals surface area (Å²) in [4.78, 5) is 4.69. The van der Waals surface area contributed by atoms with Crippen molar-refractivity contribution < 1.29 is 0 Å². The van der Waals surface area contributed by atoms with E-state index in [0.717, 1.165) is 40.5 Å². The van der Waals surface area contributed by atoms with Crippen LogP contribution in [0.1, 0.15) is 18.1 Å². The first kappa shape index (κ1) is 26.6. The minimum atomic E-state index is 0.962. The quantitative estimate of drug-likeness (QED) is 0.181. The van der Waals surface area contributed by atoms with Gasteiger partial charge < -0.3 is 9.80 Å². The lowest BCUT2D eigenvalue weighted by atomic mass is 9.90. The third-order valence-corrected chi connectivity index (χ3v) is 8.41. The minimum Gasteiger partial charge on any atom is -0.310 e. The van der Waals surface area contributed by atoms with Crippen LogP contribution in [0.25, 0.3) is 21.5 Å². The number of benzene rings is 7. The Hall–Kier alpha value is -5.34. The summed E-state index contributed by atoms with van der Waals surface area (Å²) >= 11 is 0. The van der Waals surface area contributed by atoms with E-state index >= 15 is 0 Å². The van der Waals surface area contributed by atoms with Crippen molar-refractivity contribution in [2.24, 2.45) is 0 Å². The molecule has 2 nitrogen and oxygen atoms in total. The van der Waals surface area contributed by atoms with Gasteiger partial charge in [0, 0.05) is 34.1 Å². The van der Waals surface area contributed by atoms with Crippen LogP contribution in [0.15, 0.2) is 158 Å². The Morgan fingerprint density at radius 2 is 0.721 bits per heavy atom. The molecule has 208 valence electrons. The van der Waals surface area contributed by atoms with Gasteiger partial charge in [-0.25, -0.2) is 0 Å².